The molecule has 0 aromatic heterocycles. The molecule has 0 aliphatic heterocycles. The van der Waals surface area contributed by atoms with Gasteiger partial charge in [-0.3, -0.25) is 4.79 Å². The molecule has 1 N–H and O–H groups in total. The molecule has 4 heteroatoms. The van der Waals surface area contributed by atoms with Crippen molar-refractivity contribution in [1.82, 2.24) is 5.32 Å². The van der Waals surface area contributed by atoms with Gasteiger partial charge in [-0.15, -0.1) is 0 Å². The Morgan fingerprint density at radius 1 is 1.53 bits per heavy atom. The van der Waals surface area contributed by atoms with Gasteiger partial charge in [0.15, 0.2) is 0 Å². The Morgan fingerprint density at radius 2 is 2.27 bits per heavy atom. The number of nitrogens with one attached hydrogen (secondary N) is 1. The first-order valence-corrected chi connectivity index (χ1v) is 5.08. The van der Waals surface area contributed by atoms with Gasteiger partial charge in [-0.1, -0.05) is 17.7 Å². The third-order valence-electron chi connectivity index (χ3n) is 2.00. The van der Waals surface area contributed by atoms with Crippen molar-refractivity contribution in [3.8, 4) is 5.75 Å². The second kappa shape index (κ2) is 5.61. The molecule has 0 aliphatic carbocycles. The zero-order valence-electron chi connectivity index (χ0n) is 8.84. The normalized spacial score (nSPS) is 9.80. The van der Waals surface area contributed by atoms with Crippen molar-refractivity contribution in [1.29, 1.82) is 0 Å². The Kier molecular flexibility index (Phi) is 4.43. The minimum atomic E-state index is -0.0189. The van der Waals surface area contributed by atoms with Crippen LogP contribution in [0.2, 0.25) is 5.02 Å². The van der Waals surface area contributed by atoms with Crippen LogP contribution in [0.15, 0.2) is 18.2 Å². The van der Waals surface area contributed by atoms with Gasteiger partial charge in [-0.2, -0.15) is 0 Å². The number of ether oxygens (including phenoxy) is 1. The maximum absolute atomic E-state index is 10.6. The molecule has 0 spiro atoms. The van der Waals surface area contributed by atoms with E-state index in [0.29, 0.717) is 17.3 Å². The minimum absolute atomic E-state index is 0.0189. The molecule has 1 rings (SSSR count). The summed E-state index contributed by atoms with van der Waals surface area (Å²) in [7, 11) is 1.58. The van der Waals surface area contributed by atoms with Gasteiger partial charge in [-0.25, -0.2) is 0 Å². The number of halogens is 1. The van der Waals surface area contributed by atoms with Crippen LogP contribution < -0.4 is 10.1 Å². The van der Waals surface area contributed by atoms with E-state index in [1.807, 2.05) is 18.2 Å². The number of hydrogen-bond donors (Lipinski definition) is 1. The summed E-state index contributed by atoms with van der Waals surface area (Å²) in [5.74, 6) is 0.648. The average molecular weight is 228 g/mol. The van der Waals surface area contributed by atoms with Crippen molar-refractivity contribution < 1.29 is 9.53 Å². The number of amides is 1. The Labute approximate surface area is 94.4 Å². The second-order valence-corrected chi connectivity index (χ2v) is 3.61. The highest BCUT2D eigenvalue weighted by molar-refractivity contribution is 6.32. The van der Waals surface area contributed by atoms with E-state index in [2.05, 4.69) is 5.32 Å². The molecule has 0 aliphatic rings. The Balaban J connectivity index is 2.55. The highest BCUT2D eigenvalue weighted by Crippen LogP contribution is 2.24. The maximum atomic E-state index is 10.6. The first-order valence-electron chi connectivity index (χ1n) is 4.70. The van der Waals surface area contributed by atoms with E-state index in [0.717, 1.165) is 12.0 Å². The van der Waals surface area contributed by atoms with Crippen LogP contribution in [-0.4, -0.2) is 19.6 Å². The molecule has 0 unspecified atom stereocenters. The zero-order chi connectivity index (χ0) is 11.3. The minimum Gasteiger partial charge on any atom is -0.495 e. The molecule has 1 aromatic carbocycles. The fourth-order valence-corrected chi connectivity index (χ4v) is 1.53. The first-order chi connectivity index (χ1) is 7.13. The number of benzene rings is 1. The zero-order valence-corrected chi connectivity index (χ0v) is 9.60. The maximum Gasteiger partial charge on any atom is 0.216 e. The fourth-order valence-electron chi connectivity index (χ4n) is 1.25. The molecule has 3 nitrogen and oxygen atoms in total. The van der Waals surface area contributed by atoms with Crippen molar-refractivity contribution in [3.05, 3.63) is 28.8 Å². The molecule has 0 bridgehead atoms. The van der Waals surface area contributed by atoms with E-state index in [4.69, 9.17) is 16.3 Å². The average Bonchev–Trinajstić information content (AvgIpc) is 2.17. The molecule has 0 atom stereocenters. The lowest BCUT2D eigenvalue weighted by atomic mass is 10.1. The largest absolute Gasteiger partial charge is 0.495 e. The molecule has 0 saturated heterocycles. The topological polar surface area (TPSA) is 38.3 Å². The molecule has 0 saturated carbocycles. The molecule has 0 heterocycles. The molecular formula is C11H14ClNO2. The number of methoxy groups -OCH3 is 1. The van der Waals surface area contributed by atoms with Crippen LogP contribution in [0.1, 0.15) is 12.5 Å². The summed E-state index contributed by atoms with van der Waals surface area (Å²) >= 11 is 5.96. The van der Waals surface area contributed by atoms with E-state index >= 15 is 0 Å². The van der Waals surface area contributed by atoms with Crippen molar-refractivity contribution >= 4 is 17.5 Å². The van der Waals surface area contributed by atoms with Gasteiger partial charge in [-0.05, 0) is 24.1 Å². The van der Waals surface area contributed by atoms with E-state index in [9.17, 15) is 4.79 Å². The molecule has 0 fully saturated rings. The summed E-state index contributed by atoms with van der Waals surface area (Å²) in [5.41, 5.74) is 1.08. The SMILES string of the molecule is COc1ccc(CCNC(C)=O)cc1Cl. The highest BCUT2D eigenvalue weighted by Gasteiger charge is 2.01. The Hall–Kier alpha value is -1.22. The van der Waals surface area contributed by atoms with Crippen LogP contribution in [0.4, 0.5) is 0 Å². The van der Waals surface area contributed by atoms with E-state index < -0.39 is 0 Å². The second-order valence-electron chi connectivity index (χ2n) is 3.20. The molecule has 0 radical (unpaired) electrons. The number of carbonyl (C=O) groups is 1. The van der Waals surface area contributed by atoms with Crippen molar-refractivity contribution in [3.63, 3.8) is 0 Å². The molecular weight excluding hydrogens is 214 g/mol. The van der Waals surface area contributed by atoms with Crippen molar-refractivity contribution in [2.45, 2.75) is 13.3 Å². The fraction of sp³-hybridized carbons (Fsp3) is 0.364. The molecule has 1 aromatic rings. The first kappa shape index (κ1) is 11.9. The van der Waals surface area contributed by atoms with Crippen LogP contribution in [0.3, 0.4) is 0 Å². The van der Waals surface area contributed by atoms with Gasteiger partial charge >= 0.3 is 0 Å². The molecule has 15 heavy (non-hydrogen) atoms. The summed E-state index contributed by atoms with van der Waals surface area (Å²) in [6.07, 6.45) is 0.767. The summed E-state index contributed by atoms with van der Waals surface area (Å²) in [6.45, 7) is 2.12. The monoisotopic (exact) mass is 227 g/mol. The van der Waals surface area contributed by atoms with Crippen LogP contribution in [0.25, 0.3) is 0 Å². The van der Waals surface area contributed by atoms with Gasteiger partial charge in [0.1, 0.15) is 5.75 Å². The lowest BCUT2D eigenvalue weighted by molar-refractivity contribution is -0.118. The number of rotatable bonds is 4. The Bertz CT molecular complexity index is 352. The van der Waals surface area contributed by atoms with Gasteiger partial charge < -0.3 is 10.1 Å². The lowest BCUT2D eigenvalue weighted by Gasteiger charge is -2.06. The summed E-state index contributed by atoms with van der Waals surface area (Å²) in [6, 6.07) is 5.61. The lowest BCUT2D eigenvalue weighted by Crippen LogP contribution is -2.22. The van der Waals surface area contributed by atoms with E-state index in [1.54, 1.807) is 7.11 Å². The predicted molar refractivity (Wildman–Crippen MR) is 60.4 cm³/mol. The van der Waals surface area contributed by atoms with Crippen LogP contribution in [0, 0.1) is 0 Å². The van der Waals surface area contributed by atoms with Crippen molar-refractivity contribution in [2.24, 2.45) is 0 Å². The van der Waals surface area contributed by atoms with Gasteiger partial charge in [0.25, 0.3) is 0 Å². The summed E-state index contributed by atoms with van der Waals surface area (Å²) < 4.78 is 5.04. The highest BCUT2D eigenvalue weighted by atomic mass is 35.5. The Morgan fingerprint density at radius 3 is 2.80 bits per heavy atom. The van der Waals surface area contributed by atoms with E-state index in [1.165, 1.54) is 6.92 Å². The van der Waals surface area contributed by atoms with Crippen LogP contribution in [-0.2, 0) is 11.2 Å². The number of hydrogen-bond acceptors (Lipinski definition) is 2. The van der Waals surface area contributed by atoms with Gasteiger partial charge in [0.05, 0.1) is 12.1 Å². The standard InChI is InChI=1S/C11H14ClNO2/c1-8(14)13-6-5-9-3-4-11(15-2)10(12)7-9/h3-4,7H,5-6H2,1-2H3,(H,13,14). The molecule has 82 valence electrons. The van der Waals surface area contributed by atoms with Gasteiger partial charge in [0.2, 0.25) is 5.91 Å². The van der Waals surface area contributed by atoms with E-state index in [-0.39, 0.29) is 5.91 Å². The predicted octanol–water partition coefficient (Wildman–Crippen LogP) is 2.03. The quantitative estimate of drug-likeness (QED) is 0.855. The van der Waals surface area contributed by atoms with Crippen LogP contribution in [0.5, 0.6) is 5.75 Å². The van der Waals surface area contributed by atoms with Crippen molar-refractivity contribution in [2.75, 3.05) is 13.7 Å². The number of carbonyl (C=O) groups excluding carboxylic acids is 1. The smallest absolute Gasteiger partial charge is 0.216 e. The summed E-state index contributed by atoms with van der Waals surface area (Å²) in [4.78, 5) is 10.6. The van der Waals surface area contributed by atoms with Gasteiger partial charge in [0, 0.05) is 13.5 Å². The third-order valence-corrected chi connectivity index (χ3v) is 2.30. The van der Waals surface area contributed by atoms with Crippen LogP contribution >= 0.6 is 11.6 Å². The third kappa shape index (κ3) is 3.80. The molecule has 1 amide bonds. The summed E-state index contributed by atoms with van der Waals surface area (Å²) in [5, 5.41) is 3.32.